The predicted octanol–water partition coefficient (Wildman–Crippen LogP) is 3.93. The Hall–Kier alpha value is -2.46. The first-order valence-corrected chi connectivity index (χ1v) is 7.33. The van der Waals surface area contributed by atoms with E-state index in [4.69, 9.17) is 4.42 Å². The summed E-state index contributed by atoms with van der Waals surface area (Å²) < 4.78 is 5.55. The molecule has 112 valence electrons. The first-order chi connectivity index (χ1) is 10.8. The summed E-state index contributed by atoms with van der Waals surface area (Å²) in [4.78, 5) is 10.6. The topological polar surface area (TPSA) is 42.2 Å². The van der Waals surface area contributed by atoms with Crippen LogP contribution in [0.5, 0.6) is 0 Å². The summed E-state index contributed by atoms with van der Waals surface area (Å²) in [6, 6.07) is 14.4. The molecule has 0 unspecified atom stereocenters. The van der Waals surface area contributed by atoms with Crippen molar-refractivity contribution in [2.24, 2.45) is 0 Å². The Morgan fingerprint density at radius 1 is 1.14 bits per heavy atom. The van der Waals surface area contributed by atoms with Gasteiger partial charge in [-0.2, -0.15) is 0 Å². The maximum Gasteiger partial charge on any atom is 0.134 e. The fraction of sp³-hybridized carbons (Fsp3) is 0.222. The molecule has 0 amide bonds. The molecule has 0 spiro atoms. The number of nitrogens with zero attached hydrogens (tertiary/aromatic N) is 3. The van der Waals surface area contributed by atoms with Gasteiger partial charge in [0.15, 0.2) is 0 Å². The van der Waals surface area contributed by atoms with Crippen LogP contribution in [0.3, 0.4) is 0 Å². The molecule has 3 rings (SSSR count). The molecule has 0 N–H and O–H groups in total. The largest absolute Gasteiger partial charge is 0.464 e. The van der Waals surface area contributed by atoms with Gasteiger partial charge in [-0.05, 0) is 37.7 Å². The lowest BCUT2D eigenvalue weighted by atomic mass is 10.0. The van der Waals surface area contributed by atoms with Crippen molar-refractivity contribution in [3.8, 4) is 11.3 Å². The molecule has 0 bridgehead atoms. The summed E-state index contributed by atoms with van der Waals surface area (Å²) in [5, 5.41) is 0. The Labute approximate surface area is 130 Å². The molecule has 2 aromatic heterocycles. The minimum Gasteiger partial charge on any atom is -0.464 e. The molecule has 0 saturated carbocycles. The van der Waals surface area contributed by atoms with Crippen LogP contribution in [-0.2, 0) is 6.54 Å². The molecule has 2 heterocycles. The number of benzene rings is 1. The smallest absolute Gasteiger partial charge is 0.134 e. The van der Waals surface area contributed by atoms with E-state index in [-0.39, 0.29) is 6.04 Å². The predicted molar refractivity (Wildman–Crippen MR) is 86.1 cm³/mol. The molecule has 4 heteroatoms. The van der Waals surface area contributed by atoms with E-state index in [1.54, 1.807) is 18.8 Å². The third-order valence-corrected chi connectivity index (χ3v) is 3.92. The van der Waals surface area contributed by atoms with E-state index < -0.39 is 0 Å². The van der Waals surface area contributed by atoms with Gasteiger partial charge in [0.1, 0.15) is 12.1 Å². The molecule has 0 aliphatic carbocycles. The van der Waals surface area contributed by atoms with Gasteiger partial charge in [0.2, 0.25) is 0 Å². The van der Waals surface area contributed by atoms with Crippen LogP contribution in [0.4, 0.5) is 0 Å². The minimum absolute atomic E-state index is 0.215. The van der Waals surface area contributed by atoms with Crippen LogP contribution in [0.15, 0.2) is 65.7 Å². The van der Waals surface area contributed by atoms with Crippen LogP contribution >= 0.6 is 0 Å². The van der Waals surface area contributed by atoms with E-state index in [2.05, 4.69) is 47.0 Å². The van der Waals surface area contributed by atoms with Gasteiger partial charge in [-0.25, -0.2) is 9.97 Å². The van der Waals surface area contributed by atoms with Crippen LogP contribution in [-0.4, -0.2) is 21.9 Å². The molecule has 0 saturated heterocycles. The molecule has 0 aliphatic rings. The molecule has 22 heavy (non-hydrogen) atoms. The molecule has 4 nitrogen and oxygen atoms in total. The van der Waals surface area contributed by atoms with Crippen molar-refractivity contribution >= 4 is 0 Å². The van der Waals surface area contributed by atoms with Gasteiger partial charge in [0.05, 0.1) is 12.0 Å². The maximum atomic E-state index is 5.55. The first-order valence-electron chi connectivity index (χ1n) is 7.33. The van der Waals surface area contributed by atoms with Crippen molar-refractivity contribution in [1.29, 1.82) is 0 Å². The van der Waals surface area contributed by atoms with Crippen LogP contribution in [0, 0.1) is 0 Å². The Morgan fingerprint density at radius 3 is 2.73 bits per heavy atom. The van der Waals surface area contributed by atoms with Crippen molar-refractivity contribution in [3.05, 3.63) is 72.5 Å². The number of furan rings is 1. The molecule has 0 radical (unpaired) electrons. The van der Waals surface area contributed by atoms with Crippen LogP contribution in [0.25, 0.3) is 11.3 Å². The highest BCUT2D eigenvalue weighted by atomic mass is 16.3. The number of rotatable bonds is 5. The summed E-state index contributed by atoms with van der Waals surface area (Å²) in [5.41, 5.74) is 3.39. The molecule has 0 aliphatic heterocycles. The second-order valence-electron chi connectivity index (χ2n) is 5.36. The van der Waals surface area contributed by atoms with Gasteiger partial charge in [-0.3, -0.25) is 4.90 Å². The van der Waals surface area contributed by atoms with E-state index in [1.165, 1.54) is 5.56 Å². The molecular formula is C18H19N3O. The number of hydrogen-bond donors (Lipinski definition) is 0. The van der Waals surface area contributed by atoms with Crippen LogP contribution < -0.4 is 0 Å². The lowest BCUT2D eigenvalue weighted by Gasteiger charge is -2.25. The van der Waals surface area contributed by atoms with E-state index >= 15 is 0 Å². The summed E-state index contributed by atoms with van der Waals surface area (Å²) in [6.45, 7) is 2.97. The maximum absolute atomic E-state index is 5.55. The van der Waals surface area contributed by atoms with Crippen LogP contribution in [0.2, 0.25) is 0 Å². The molecular weight excluding hydrogens is 274 g/mol. The SMILES string of the molecule is C[C@H](c1ccncn1)N(C)Cc1ccccc1-c1ccco1. The third kappa shape index (κ3) is 3.07. The Morgan fingerprint density at radius 2 is 2.00 bits per heavy atom. The van der Waals surface area contributed by atoms with Crippen molar-refractivity contribution in [1.82, 2.24) is 14.9 Å². The average molecular weight is 293 g/mol. The summed E-state index contributed by atoms with van der Waals surface area (Å²) in [6.07, 6.45) is 5.08. The van der Waals surface area contributed by atoms with Gasteiger partial charge < -0.3 is 4.42 Å². The van der Waals surface area contributed by atoms with Crippen molar-refractivity contribution < 1.29 is 4.42 Å². The number of hydrogen-bond acceptors (Lipinski definition) is 4. The van der Waals surface area contributed by atoms with Gasteiger partial charge >= 0.3 is 0 Å². The van der Waals surface area contributed by atoms with Crippen molar-refractivity contribution in [3.63, 3.8) is 0 Å². The Kier molecular flexibility index (Phi) is 4.30. The average Bonchev–Trinajstić information content (AvgIpc) is 3.10. The Bertz CT molecular complexity index is 710. The quantitative estimate of drug-likeness (QED) is 0.715. The minimum atomic E-state index is 0.215. The fourth-order valence-corrected chi connectivity index (χ4v) is 2.51. The van der Waals surface area contributed by atoms with Crippen LogP contribution in [0.1, 0.15) is 24.2 Å². The van der Waals surface area contributed by atoms with Gasteiger partial charge in [0, 0.05) is 24.3 Å². The van der Waals surface area contributed by atoms with Gasteiger partial charge in [-0.15, -0.1) is 0 Å². The molecule has 0 fully saturated rings. The van der Waals surface area contributed by atoms with E-state index in [9.17, 15) is 0 Å². The summed E-state index contributed by atoms with van der Waals surface area (Å²) >= 11 is 0. The van der Waals surface area contributed by atoms with E-state index in [1.807, 2.05) is 24.3 Å². The molecule has 1 atom stereocenters. The summed E-state index contributed by atoms with van der Waals surface area (Å²) in [5.74, 6) is 0.902. The van der Waals surface area contributed by atoms with E-state index in [0.29, 0.717) is 0 Å². The zero-order valence-corrected chi connectivity index (χ0v) is 12.8. The van der Waals surface area contributed by atoms with Gasteiger partial charge in [0.25, 0.3) is 0 Å². The monoisotopic (exact) mass is 293 g/mol. The standard InChI is InChI=1S/C18H19N3O/c1-14(17-9-10-19-13-20-17)21(2)12-15-6-3-4-7-16(15)18-8-5-11-22-18/h3-11,13-14H,12H2,1-2H3/t14-/m1/s1. The zero-order chi connectivity index (χ0) is 15.4. The zero-order valence-electron chi connectivity index (χ0n) is 12.8. The number of aromatic nitrogens is 2. The normalized spacial score (nSPS) is 12.5. The lowest BCUT2D eigenvalue weighted by molar-refractivity contribution is 0.248. The molecule has 3 aromatic rings. The third-order valence-electron chi connectivity index (χ3n) is 3.92. The highest BCUT2D eigenvalue weighted by Gasteiger charge is 2.15. The highest BCUT2D eigenvalue weighted by Crippen LogP contribution is 2.27. The Balaban J connectivity index is 1.82. The van der Waals surface area contributed by atoms with Gasteiger partial charge in [-0.1, -0.05) is 24.3 Å². The van der Waals surface area contributed by atoms with E-state index in [0.717, 1.165) is 23.6 Å². The second-order valence-corrected chi connectivity index (χ2v) is 5.36. The first kappa shape index (κ1) is 14.5. The highest BCUT2D eigenvalue weighted by molar-refractivity contribution is 5.61. The summed E-state index contributed by atoms with van der Waals surface area (Å²) in [7, 11) is 2.10. The lowest BCUT2D eigenvalue weighted by Crippen LogP contribution is -2.23. The van der Waals surface area contributed by atoms with Crippen molar-refractivity contribution in [2.75, 3.05) is 7.05 Å². The van der Waals surface area contributed by atoms with Crippen molar-refractivity contribution in [2.45, 2.75) is 19.5 Å². The second kappa shape index (κ2) is 6.54. The fourth-order valence-electron chi connectivity index (χ4n) is 2.51. The molecule has 1 aromatic carbocycles.